The van der Waals surface area contributed by atoms with Crippen LogP contribution in [0.15, 0.2) is 57.2 Å². The van der Waals surface area contributed by atoms with E-state index in [1.54, 1.807) is 18.2 Å². The monoisotopic (exact) mass is 522 g/mol. The molecule has 4 aromatic rings. The minimum Gasteiger partial charge on any atom is -0.504 e. The lowest BCUT2D eigenvalue weighted by Gasteiger charge is -2.15. The van der Waals surface area contributed by atoms with Crippen LogP contribution >= 0.6 is 0 Å². The number of aromatic hydroxyl groups is 1. The van der Waals surface area contributed by atoms with E-state index in [1.165, 1.54) is 35.5 Å². The average molecular weight is 523 g/mol. The Labute approximate surface area is 218 Å². The van der Waals surface area contributed by atoms with Gasteiger partial charge in [-0.25, -0.2) is 10.2 Å². The highest BCUT2D eigenvalue weighted by Gasteiger charge is 2.21. The molecule has 0 aliphatic rings. The number of benzene rings is 2. The Bertz CT molecular complexity index is 1600. The summed E-state index contributed by atoms with van der Waals surface area (Å²) in [6.07, 6.45) is 0.477. The Morgan fingerprint density at radius 3 is 2.66 bits per heavy atom. The molecular formula is C26H30N6O6. The molecule has 2 aromatic heterocycles. The molecule has 0 fully saturated rings. The second-order valence-corrected chi connectivity index (χ2v) is 8.74. The van der Waals surface area contributed by atoms with Crippen LogP contribution in [0.25, 0.3) is 11.2 Å². The van der Waals surface area contributed by atoms with Gasteiger partial charge in [-0.15, -0.1) is 0 Å². The maximum atomic E-state index is 13.0. The summed E-state index contributed by atoms with van der Waals surface area (Å²) in [4.78, 5) is 29.9. The lowest BCUT2D eigenvalue weighted by Crippen LogP contribution is -2.38. The third kappa shape index (κ3) is 5.54. The fourth-order valence-corrected chi connectivity index (χ4v) is 3.92. The molecule has 38 heavy (non-hydrogen) atoms. The number of nitrogens with zero attached hydrogens (tertiary/aromatic N) is 5. The number of imidazole rings is 1. The van der Waals surface area contributed by atoms with Crippen LogP contribution in [0.3, 0.4) is 0 Å². The molecule has 0 saturated carbocycles. The van der Waals surface area contributed by atoms with E-state index < -0.39 is 17.4 Å². The number of aliphatic hydroxyl groups excluding tert-OH is 1. The van der Waals surface area contributed by atoms with Crippen LogP contribution in [-0.2, 0) is 20.6 Å². The van der Waals surface area contributed by atoms with Gasteiger partial charge in [-0.1, -0.05) is 12.1 Å². The molecule has 200 valence electrons. The molecule has 0 bridgehead atoms. The summed E-state index contributed by atoms with van der Waals surface area (Å²) in [6, 6.07) is 12.2. The number of ether oxygens (including phenoxy) is 2. The molecule has 0 radical (unpaired) electrons. The summed E-state index contributed by atoms with van der Waals surface area (Å²) >= 11 is 0. The van der Waals surface area contributed by atoms with Gasteiger partial charge in [-0.3, -0.25) is 13.9 Å². The number of rotatable bonds is 10. The summed E-state index contributed by atoms with van der Waals surface area (Å²) in [5, 5.41) is 24.9. The highest BCUT2D eigenvalue weighted by molar-refractivity contribution is 5.81. The maximum absolute atomic E-state index is 13.0. The number of hydrazone groups is 1. The molecule has 2 heterocycles. The lowest BCUT2D eigenvalue weighted by molar-refractivity contribution is 0.0938. The highest BCUT2D eigenvalue weighted by Crippen LogP contribution is 2.26. The molecular weight excluding hydrogens is 492 g/mol. The lowest BCUT2D eigenvalue weighted by atomic mass is 10.2. The van der Waals surface area contributed by atoms with E-state index in [0.717, 1.165) is 10.1 Å². The van der Waals surface area contributed by atoms with Gasteiger partial charge >= 0.3 is 5.69 Å². The highest BCUT2D eigenvalue weighted by atomic mass is 16.5. The van der Waals surface area contributed by atoms with E-state index in [4.69, 9.17) is 9.47 Å². The Balaban J connectivity index is 1.64. The van der Waals surface area contributed by atoms with Gasteiger partial charge in [0.25, 0.3) is 5.56 Å². The first-order valence-corrected chi connectivity index (χ1v) is 12.0. The van der Waals surface area contributed by atoms with Crippen LogP contribution in [0.2, 0.25) is 0 Å². The SMILES string of the molecule is CCOc1cc(C=NNc2nc3c(c(=O)n(C)c(=O)n3C)n2CC(O)COc2cccc(C)c2)ccc1O. The molecule has 2 aromatic carbocycles. The topological polar surface area (TPSA) is 145 Å². The zero-order valence-corrected chi connectivity index (χ0v) is 21.6. The Morgan fingerprint density at radius 2 is 1.92 bits per heavy atom. The molecule has 3 N–H and O–H groups in total. The first-order valence-electron chi connectivity index (χ1n) is 12.0. The Kier molecular flexibility index (Phi) is 7.82. The van der Waals surface area contributed by atoms with Crippen LogP contribution in [0.5, 0.6) is 17.2 Å². The fraction of sp³-hybridized carbons (Fsp3) is 0.308. The fourth-order valence-electron chi connectivity index (χ4n) is 3.92. The van der Waals surface area contributed by atoms with Crippen molar-refractivity contribution in [2.24, 2.45) is 19.2 Å². The van der Waals surface area contributed by atoms with Crippen molar-refractivity contribution in [3.8, 4) is 17.2 Å². The molecule has 4 rings (SSSR count). The van der Waals surface area contributed by atoms with Gasteiger partial charge in [0.05, 0.1) is 19.4 Å². The van der Waals surface area contributed by atoms with Crippen LogP contribution in [0.4, 0.5) is 5.95 Å². The Morgan fingerprint density at radius 1 is 1.13 bits per heavy atom. The summed E-state index contributed by atoms with van der Waals surface area (Å²) in [6.45, 7) is 4.05. The van der Waals surface area contributed by atoms with E-state index in [-0.39, 0.29) is 36.0 Å². The second kappa shape index (κ2) is 11.2. The van der Waals surface area contributed by atoms with Gasteiger partial charge < -0.3 is 24.3 Å². The van der Waals surface area contributed by atoms with E-state index in [1.807, 2.05) is 32.0 Å². The second-order valence-electron chi connectivity index (χ2n) is 8.74. The van der Waals surface area contributed by atoms with Gasteiger partial charge in [0.2, 0.25) is 5.95 Å². The van der Waals surface area contributed by atoms with Crippen LogP contribution < -0.4 is 26.1 Å². The van der Waals surface area contributed by atoms with Gasteiger partial charge in [-0.05, 0) is 55.3 Å². The van der Waals surface area contributed by atoms with E-state index in [9.17, 15) is 19.8 Å². The number of aryl methyl sites for hydroxylation is 2. The van der Waals surface area contributed by atoms with Crippen molar-refractivity contribution in [3.05, 3.63) is 74.4 Å². The van der Waals surface area contributed by atoms with Gasteiger partial charge in [0, 0.05) is 14.1 Å². The third-order valence-electron chi connectivity index (χ3n) is 5.84. The summed E-state index contributed by atoms with van der Waals surface area (Å²) in [5.74, 6) is 1.09. The van der Waals surface area contributed by atoms with E-state index in [0.29, 0.717) is 23.7 Å². The molecule has 0 aliphatic heterocycles. The van der Waals surface area contributed by atoms with Crippen molar-refractivity contribution >= 4 is 23.3 Å². The predicted molar refractivity (Wildman–Crippen MR) is 143 cm³/mol. The minimum absolute atomic E-state index is 0.0115. The number of phenols is 1. The van der Waals surface area contributed by atoms with Crippen LogP contribution in [0, 0.1) is 6.92 Å². The number of fused-ring (bicyclic) bond motifs is 1. The molecule has 12 heteroatoms. The number of aliphatic hydroxyl groups is 1. The van der Waals surface area contributed by atoms with Crippen molar-refractivity contribution in [2.75, 3.05) is 18.6 Å². The van der Waals surface area contributed by atoms with Gasteiger partial charge in [0.15, 0.2) is 22.7 Å². The number of hydrogen-bond acceptors (Lipinski definition) is 9. The van der Waals surface area contributed by atoms with Crippen LogP contribution in [0.1, 0.15) is 18.1 Å². The molecule has 0 aliphatic carbocycles. The normalized spacial score (nSPS) is 12.2. The summed E-state index contributed by atoms with van der Waals surface area (Å²) < 4.78 is 14.8. The smallest absolute Gasteiger partial charge is 0.332 e. The van der Waals surface area contributed by atoms with Gasteiger partial charge in [-0.2, -0.15) is 10.1 Å². The minimum atomic E-state index is -1.01. The standard InChI is InChI=1S/C26H30N6O6/c1-5-37-21-12-17(9-10-20(21)34)13-27-29-25-28-23-22(24(35)31(4)26(36)30(23)3)32(25)14-18(33)15-38-19-8-6-7-16(2)11-19/h6-13,18,33-34H,5,14-15H2,1-4H3,(H,28,29). The first-order chi connectivity index (χ1) is 18.2. The van der Waals surface area contributed by atoms with Crippen molar-refractivity contribution < 1.29 is 19.7 Å². The van der Waals surface area contributed by atoms with Crippen molar-refractivity contribution in [2.45, 2.75) is 26.5 Å². The first kappa shape index (κ1) is 26.5. The van der Waals surface area contributed by atoms with Crippen molar-refractivity contribution in [1.29, 1.82) is 0 Å². The van der Waals surface area contributed by atoms with E-state index >= 15 is 0 Å². The van der Waals surface area contributed by atoms with Crippen molar-refractivity contribution in [3.63, 3.8) is 0 Å². The Hall–Kier alpha value is -4.58. The molecule has 12 nitrogen and oxygen atoms in total. The molecule has 0 spiro atoms. The van der Waals surface area contributed by atoms with E-state index in [2.05, 4.69) is 15.5 Å². The predicted octanol–water partition coefficient (Wildman–Crippen LogP) is 1.73. The maximum Gasteiger partial charge on any atom is 0.332 e. The van der Waals surface area contributed by atoms with Gasteiger partial charge in [0.1, 0.15) is 18.5 Å². The largest absolute Gasteiger partial charge is 0.504 e. The third-order valence-corrected chi connectivity index (χ3v) is 5.84. The molecule has 1 unspecified atom stereocenters. The number of hydrogen-bond donors (Lipinski definition) is 3. The zero-order chi connectivity index (χ0) is 27.4. The number of nitrogens with one attached hydrogen (secondary N) is 1. The molecule has 1 atom stereocenters. The average Bonchev–Trinajstić information content (AvgIpc) is 3.25. The van der Waals surface area contributed by atoms with Crippen molar-refractivity contribution in [1.82, 2.24) is 18.7 Å². The zero-order valence-electron chi connectivity index (χ0n) is 21.6. The molecule has 0 amide bonds. The number of aromatic nitrogens is 4. The molecule has 0 saturated heterocycles. The summed E-state index contributed by atoms with van der Waals surface area (Å²) in [7, 11) is 2.89. The van der Waals surface area contributed by atoms with Crippen LogP contribution in [-0.4, -0.2) is 54.4 Å². The quantitative estimate of drug-likeness (QED) is 0.211. The summed E-state index contributed by atoms with van der Waals surface area (Å²) in [5.41, 5.74) is 3.65. The number of phenolic OH excluding ortho intramolecular Hbond substituents is 1. The number of anilines is 1.